The number of halogens is 1. The normalized spacial score (nSPS) is 19.1. The molecule has 1 aliphatic carbocycles. The fourth-order valence-electron chi connectivity index (χ4n) is 2.01. The third-order valence-corrected chi connectivity index (χ3v) is 3.57. The molecule has 1 atom stereocenters. The monoisotopic (exact) mass is 249 g/mol. The summed E-state index contributed by atoms with van der Waals surface area (Å²) in [6, 6.07) is 5.57. The Morgan fingerprint density at radius 1 is 1.41 bits per heavy atom. The molecule has 0 saturated carbocycles. The van der Waals surface area contributed by atoms with Crippen LogP contribution in [-0.2, 0) is 4.79 Å². The third kappa shape index (κ3) is 2.89. The largest absolute Gasteiger partial charge is 0.326 e. The van der Waals surface area contributed by atoms with Crippen molar-refractivity contribution in [3.63, 3.8) is 0 Å². The number of anilines is 1. The summed E-state index contributed by atoms with van der Waals surface area (Å²) in [4.78, 5) is 12.0. The molecule has 1 N–H and O–H groups in total. The van der Waals surface area contributed by atoms with Gasteiger partial charge in [0, 0.05) is 16.6 Å². The number of carbonyl (C=O) groups excluding carboxylic acids is 1. The summed E-state index contributed by atoms with van der Waals surface area (Å²) in [7, 11) is 0. The van der Waals surface area contributed by atoms with Gasteiger partial charge in [0.1, 0.15) is 0 Å². The molecule has 2 rings (SSSR count). The zero-order valence-electron chi connectivity index (χ0n) is 9.87. The molecule has 0 aromatic heterocycles. The van der Waals surface area contributed by atoms with Crippen molar-refractivity contribution in [2.24, 2.45) is 5.92 Å². The van der Waals surface area contributed by atoms with Crippen molar-refractivity contribution in [1.29, 1.82) is 0 Å². The van der Waals surface area contributed by atoms with Crippen LogP contribution >= 0.6 is 11.6 Å². The first kappa shape index (κ1) is 12.2. The van der Waals surface area contributed by atoms with E-state index in [0.29, 0.717) is 5.02 Å². The minimum atomic E-state index is 0.0957. The smallest absolute Gasteiger partial charge is 0.227 e. The van der Waals surface area contributed by atoms with Crippen molar-refractivity contribution in [2.45, 2.75) is 26.2 Å². The average molecular weight is 250 g/mol. The molecule has 1 amide bonds. The van der Waals surface area contributed by atoms with Gasteiger partial charge in [-0.2, -0.15) is 0 Å². The van der Waals surface area contributed by atoms with Crippen LogP contribution in [0.5, 0.6) is 0 Å². The number of hydrogen-bond donors (Lipinski definition) is 1. The topological polar surface area (TPSA) is 29.1 Å². The van der Waals surface area contributed by atoms with E-state index in [1.54, 1.807) is 0 Å². The van der Waals surface area contributed by atoms with E-state index in [1.807, 2.05) is 25.1 Å². The Balaban J connectivity index is 2.07. The lowest BCUT2D eigenvalue weighted by Gasteiger charge is -2.18. The van der Waals surface area contributed by atoms with E-state index in [9.17, 15) is 4.79 Å². The minimum absolute atomic E-state index is 0.0957. The Morgan fingerprint density at radius 3 is 2.94 bits per heavy atom. The highest BCUT2D eigenvalue weighted by molar-refractivity contribution is 6.31. The maximum absolute atomic E-state index is 12.0. The molecule has 1 aliphatic rings. The van der Waals surface area contributed by atoms with E-state index in [0.717, 1.165) is 30.5 Å². The second-order valence-electron chi connectivity index (χ2n) is 4.38. The fraction of sp³-hybridized carbons (Fsp3) is 0.357. The number of benzene rings is 1. The Kier molecular flexibility index (Phi) is 3.85. The zero-order chi connectivity index (χ0) is 12.3. The van der Waals surface area contributed by atoms with Crippen LogP contribution in [-0.4, -0.2) is 5.91 Å². The fourth-order valence-corrected chi connectivity index (χ4v) is 2.18. The van der Waals surface area contributed by atoms with Crippen molar-refractivity contribution in [2.75, 3.05) is 5.32 Å². The highest BCUT2D eigenvalue weighted by atomic mass is 35.5. The molecule has 1 unspecified atom stereocenters. The molecule has 0 bridgehead atoms. The van der Waals surface area contributed by atoms with Crippen molar-refractivity contribution in [3.8, 4) is 0 Å². The lowest BCUT2D eigenvalue weighted by molar-refractivity contribution is -0.120. The molecule has 17 heavy (non-hydrogen) atoms. The zero-order valence-corrected chi connectivity index (χ0v) is 10.6. The van der Waals surface area contributed by atoms with E-state index in [1.165, 1.54) is 0 Å². The average Bonchev–Trinajstić information content (AvgIpc) is 2.36. The maximum atomic E-state index is 12.0. The Hall–Kier alpha value is -1.28. The molecule has 1 aromatic rings. The number of carbonyl (C=O) groups is 1. The van der Waals surface area contributed by atoms with Crippen LogP contribution in [0.2, 0.25) is 5.02 Å². The van der Waals surface area contributed by atoms with Crippen molar-refractivity contribution in [3.05, 3.63) is 40.9 Å². The van der Waals surface area contributed by atoms with Gasteiger partial charge in [-0.15, -0.1) is 0 Å². The first-order valence-corrected chi connectivity index (χ1v) is 6.27. The summed E-state index contributed by atoms with van der Waals surface area (Å²) in [6.07, 6.45) is 6.98. The molecule has 2 nitrogen and oxygen atoms in total. The van der Waals surface area contributed by atoms with Crippen LogP contribution in [0.25, 0.3) is 0 Å². The van der Waals surface area contributed by atoms with Gasteiger partial charge in [-0.05, 0) is 43.9 Å². The molecule has 0 spiro atoms. The van der Waals surface area contributed by atoms with Gasteiger partial charge in [0.25, 0.3) is 0 Å². The van der Waals surface area contributed by atoms with E-state index < -0.39 is 0 Å². The molecule has 90 valence electrons. The number of allylic oxidation sites excluding steroid dienone is 2. The molecule has 3 heteroatoms. The standard InChI is InChI=1S/C14H16ClNO/c1-10-12(15)8-5-9-13(10)16-14(17)11-6-3-2-4-7-11/h2-3,5,8-9,11H,4,6-7H2,1H3,(H,16,17). The van der Waals surface area contributed by atoms with Gasteiger partial charge in [0.2, 0.25) is 5.91 Å². The van der Waals surface area contributed by atoms with Gasteiger partial charge in [0.05, 0.1) is 0 Å². The highest BCUT2D eigenvalue weighted by Crippen LogP contribution is 2.25. The van der Waals surface area contributed by atoms with E-state index in [2.05, 4.69) is 17.5 Å². The van der Waals surface area contributed by atoms with Crippen LogP contribution < -0.4 is 5.32 Å². The van der Waals surface area contributed by atoms with Crippen LogP contribution in [0.4, 0.5) is 5.69 Å². The Labute approximate surface area is 107 Å². The number of hydrogen-bond acceptors (Lipinski definition) is 1. The molecule has 0 fully saturated rings. The van der Waals surface area contributed by atoms with Crippen LogP contribution in [0.15, 0.2) is 30.4 Å². The molecule has 0 heterocycles. The molecular formula is C14H16ClNO. The quantitative estimate of drug-likeness (QED) is 0.791. The number of rotatable bonds is 2. The Morgan fingerprint density at radius 2 is 2.24 bits per heavy atom. The summed E-state index contributed by atoms with van der Waals surface area (Å²) in [5.41, 5.74) is 1.74. The molecule has 0 radical (unpaired) electrons. The molecule has 1 aromatic carbocycles. The molecule has 0 aliphatic heterocycles. The van der Waals surface area contributed by atoms with Crippen molar-refractivity contribution in [1.82, 2.24) is 0 Å². The highest BCUT2D eigenvalue weighted by Gasteiger charge is 2.19. The van der Waals surface area contributed by atoms with E-state index in [-0.39, 0.29) is 11.8 Å². The third-order valence-electron chi connectivity index (χ3n) is 3.17. The first-order valence-electron chi connectivity index (χ1n) is 5.89. The SMILES string of the molecule is Cc1c(Cl)cccc1NC(=O)C1CC=CCC1. The summed E-state index contributed by atoms with van der Waals surface area (Å²) in [6.45, 7) is 1.92. The second kappa shape index (κ2) is 5.37. The van der Waals surface area contributed by atoms with Gasteiger partial charge in [-0.1, -0.05) is 29.8 Å². The van der Waals surface area contributed by atoms with Crippen molar-refractivity contribution < 1.29 is 4.79 Å². The molecular weight excluding hydrogens is 234 g/mol. The van der Waals surface area contributed by atoms with Crippen LogP contribution in [0, 0.1) is 12.8 Å². The first-order chi connectivity index (χ1) is 8.18. The van der Waals surface area contributed by atoms with Crippen LogP contribution in [0.1, 0.15) is 24.8 Å². The maximum Gasteiger partial charge on any atom is 0.227 e. The van der Waals surface area contributed by atoms with Crippen molar-refractivity contribution >= 4 is 23.2 Å². The van der Waals surface area contributed by atoms with Gasteiger partial charge < -0.3 is 5.32 Å². The summed E-state index contributed by atoms with van der Waals surface area (Å²) in [5.74, 6) is 0.193. The summed E-state index contributed by atoms with van der Waals surface area (Å²) < 4.78 is 0. The van der Waals surface area contributed by atoms with Gasteiger partial charge in [-0.3, -0.25) is 4.79 Å². The summed E-state index contributed by atoms with van der Waals surface area (Å²) >= 11 is 6.02. The predicted molar refractivity (Wildman–Crippen MR) is 71.3 cm³/mol. The number of amides is 1. The van der Waals surface area contributed by atoms with Gasteiger partial charge >= 0.3 is 0 Å². The number of nitrogens with one attached hydrogen (secondary N) is 1. The van der Waals surface area contributed by atoms with E-state index in [4.69, 9.17) is 11.6 Å². The predicted octanol–water partition coefficient (Wildman–Crippen LogP) is 3.94. The second-order valence-corrected chi connectivity index (χ2v) is 4.79. The lowest BCUT2D eigenvalue weighted by atomic mass is 9.93. The van der Waals surface area contributed by atoms with Gasteiger partial charge in [-0.25, -0.2) is 0 Å². The summed E-state index contributed by atoms with van der Waals surface area (Å²) in [5, 5.41) is 3.65. The lowest BCUT2D eigenvalue weighted by Crippen LogP contribution is -2.23. The van der Waals surface area contributed by atoms with Gasteiger partial charge in [0.15, 0.2) is 0 Å². The minimum Gasteiger partial charge on any atom is -0.326 e. The van der Waals surface area contributed by atoms with E-state index >= 15 is 0 Å². The van der Waals surface area contributed by atoms with Crippen LogP contribution in [0.3, 0.4) is 0 Å². The Bertz CT molecular complexity index is 454. The molecule has 0 saturated heterocycles.